The second-order valence-corrected chi connectivity index (χ2v) is 7.24. The van der Waals surface area contributed by atoms with Crippen LogP contribution >= 0.6 is 11.6 Å². The molecule has 4 nitrogen and oxygen atoms in total. The zero-order chi connectivity index (χ0) is 17.6. The molecular formula is C20H24ClN3O. The van der Waals surface area contributed by atoms with Crippen molar-refractivity contribution in [3.8, 4) is 0 Å². The van der Waals surface area contributed by atoms with Crippen molar-refractivity contribution < 1.29 is 4.79 Å². The molecule has 1 saturated heterocycles. The van der Waals surface area contributed by atoms with Gasteiger partial charge < -0.3 is 5.32 Å². The highest BCUT2D eigenvalue weighted by Gasteiger charge is 2.16. The Bertz CT molecular complexity index is 717. The van der Waals surface area contributed by atoms with Gasteiger partial charge in [-0.3, -0.25) is 9.69 Å². The molecular weight excluding hydrogens is 334 g/mol. The summed E-state index contributed by atoms with van der Waals surface area (Å²) in [6.45, 7) is 6.21. The predicted octanol–water partition coefficient (Wildman–Crippen LogP) is 3.90. The maximum absolute atomic E-state index is 12.1. The summed E-state index contributed by atoms with van der Waals surface area (Å²) in [5.74, 6) is 0.653. The van der Waals surface area contributed by atoms with Crippen molar-refractivity contribution in [3.05, 3.63) is 64.4 Å². The van der Waals surface area contributed by atoms with E-state index in [4.69, 9.17) is 11.6 Å². The monoisotopic (exact) mass is 357 g/mol. The van der Waals surface area contributed by atoms with Gasteiger partial charge >= 0.3 is 0 Å². The number of carbonyl (C=O) groups excluding carboxylic acids is 1. The number of rotatable bonds is 5. The highest BCUT2D eigenvalue weighted by atomic mass is 35.5. The van der Waals surface area contributed by atoms with Crippen LogP contribution in [0.1, 0.15) is 41.3 Å². The van der Waals surface area contributed by atoms with Crippen LogP contribution < -0.4 is 5.32 Å². The van der Waals surface area contributed by atoms with Crippen molar-refractivity contribution in [3.63, 3.8) is 0 Å². The van der Waals surface area contributed by atoms with E-state index in [0.29, 0.717) is 17.3 Å². The molecule has 3 rings (SSSR count). The molecule has 1 fully saturated rings. The second kappa shape index (κ2) is 8.45. The van der Waals surface area contributed by atoms with Crippen LogP contribution in [0.5, 0.6) is 0 Å². The fraction of sp³-hybridized carbons (Fsp3) is 0.400. The highest BCUT2D eigenvalue weighted by molar-refractivity contribution is 6.29. The smallest absolute Gasteiger partial charge is 0.251 e. The van der Waals surface area contributed by atoms with Crippen LogP contribution in [0.15, 0.2) is 42.6 Å². The Labute approximate surface area is 154 Å². The van der Waals surface area contributed by atoms with E-state index in [1.165, 1.54) is 37.7 Å². The highest BCUT2D eigenvalue weighted by Crippen LogP contribution is 2.18. The van der Waals surface area contributed by atoms with E-state index in [-0.39, 0.29) is 5.91 Å². The third-order valence-electron chi connectivity index (χ3n) is 4.61. The van der Waals surface area contributed by atoms with Gasteiger partial charge in [0.1, 0.15) is 5.15 Å². The van der Waals surface area contributed by atoms with E-state index < -0.39 is 0 Å². The lowest BCUT2D eigenvalue weighted by atomic mass is 9.99. The number of nitrogens with zero attached hydrogens (tertiary/aromatic N) is 2. The molecule has 0 radical (unpaired) electrons. The predicted molar refractivity (Wildman–Crippen MR) is 101 cm³/mol. The Balaban J connectivity index is 1.51. The van der Waals surface area contributed by atoms with Crippen molar-refractivity contribution in [1.82, 2.24) is 15.2 Å². The fourth-order valence-corrected chi connectivity index (χ4v) is 3.45. The Morgan fingerprint density at radius 2 is 2.04 bits per heavy atom. The molecule has 1 aliphatic heterocycles. The minimum atomic E-state index is -0.143. The van der Waals surface area contributed by atoms with Gasteiger partial charge in [0.05, 0.1) is 0 Å². The summed E-state index contributed by atoms with van der Waals surface area (Å²) >= 11 is 5.82. The van der Waals surface area contributed by atoms with E-state index >= 15 is 0 Å². The number of benzene rings is 1. The number of hydrogen-bond acceptors (Lipinski definition) is 3. The quantitative estimate of drug-likeness (QED) is 0.825. The summed E-state index contributed by atoms with van der Waals surface area (Å²) < 4.78 is 0. The number of hydrogen-bond donors (Lipinski definition) is 1. The van der Waals surface area contributed by atoms with Crippen LogP contribution in [0.2, 0.25) is 5.15 Å². The molecule has 1 aromatic carbocycles. The van der Waals surface area contributed by atoms with E-state index in [9.17, 15) is 4.79 Å². The fourth-order valence-electron chi connectivity index (χ4n) is 3.28. The van der Waals surface area contributed by atoms with Gasteiger partial charge in [-0.2, -0.15) is 0 Å². The van der Waals surface area contributed by atoms with Crippen molar-refractivity contribution in [1.29, 1.82) is 0 Å². The standard InChI is InChI=1S/C20H24ClN3O/c1-15-3-2-10-24(13-15)14-17-6-4-16(5-7-17)12-23-20(25)18-8-9-22-19(21)11-18/h4-9,11,15H,2-3,10,12-14H2,1H3,(H,23,25). The molecule has 0 saturated carbocycles. The lowest BCUT2D eigenvalue weighted by Gasteiger charge is -2.30. The number of halogens is 1. The summed E-state index contributed by atoms with van der Waals surface area (Å²) in [5, 5.41) is 3.24. The Kier molecular flexibility index (Phi) is 6.05. The average molecular weight is 358 g/mol. The SMILES string of the molecule is CC1CCCN(Cc2ccc(CNC(=O)c3ccnc(Cl)c3)cc2)C1. The molecule has 1 unspecified atom stereocenters. The molecule has 0 spiro atoms. The Morgan fingerprint density at radius 3 is 2.76 bits per heavy atom. The van der Waals surface area contributed by atoms with Gasteiger partial charge in [0.25, 0.3) is 5.91 Å². The normalized spacial score (nSPS) is 18.1. The summed E-state index contributed by atoms with van der Waals surface area (Å²) in [6.07, 6.45) is 4.18. The maximum Gasteiger partial charge on any atom is 0.251 e. The number of nitrogens with one attached hydrogen (secondary N) is 1. The average Bonchev–Trinajstić information content (AvgIpc) is 2.61. The van der Waals surface area contributed by atoms with E-state index in [2.05, 4.69) is 46.4 Å². The molecule has 0 bridgehead atoms. The minimum Gasteiger partial charge on any atom is -0.348 e. The maximum atomic E-state index is 12.1. The molecule has 1 atom stereocenters. The van der Waals surface area contributed by atoms with Gasteiger partial charge in [-0.25, -0.2) is 4.98 Å². The number of carbonyl (C=O) groups is 1. The Morgan fingerprint density at radius 1 is 1.28 bits per heavy atom. The van der Waals surface area contributed by atoms with Crippen LogP contribution in [0.4, 0.5) is 0 Å². The second-order valence-electron chi connectivity index (χ2n) is 6.85. The minimum absolute atomic E-state index is 0.143. The number of aromatic nitrogens is 1. The van der Waals surface area contributed by atoms with Gasteiger partial charge in [-0.1, -0.05) is 42.8 Å². The summed E-state index contributed by atoms with van der Waals surface area (Å²) in [7, 11) is 0. The number of amides is 1. The van der Waals surface area contributed by atoms with Crippen LogP contribution in [0, 0.1) is 5.92 Å². The van der Waals surface area contributed by atoms with Crippen molar-refractivity contribution in [2.75, 3.05) is 13.1 Å². The summed E-state index contributed by atoms with van der Waals surface area (Å²) in [4.78, 5) is 18.5. The van der Waals surface area contributed by atoms with E-state index in [1.807, 2.05) is 0 Å². The van der Waals surface area contributed by atoms with Gasteiger partial charge in [-0.15, -0.1) is 0 Å². The molecule has 25 heavy (non-hydrogen) atoms. The van der Waals surface area contributed by atoms with Crippen LogP contribution in [-0.2, 0) is 13.1 Å². The van der Waals surface area contributed by atoms with Crippen LogP contribution in [0.25, 0.3) is 0 Å². The topological polar surface area (TPSA) is 45.2 Å². The molecule has 132 valence electrons. The van der Waals surface area contributed by atoms with Gasteiger partial charge in [0.2, 0.25) is 0 Å². The third-order valence-corrected chi connectivity index (χ3v) is 4.82. The zero-order valence-corrected chi connectivity index (χ0v) is 15.3. The van der Waals surface area contributed by atoms with Crippen molar-refractivity contribution in [2.45, 2.75) is 32.9 Å². The first kappa shape index (κ1) is 17.9. The molecule has 0 aliphatic carbocycles. The summed E-state index contributed by atoms with van der Waals surface area (Å²) in [5.41, 5.74) is 2.94. The molecule has 1 N–H and O–H groups in total. The number of likely N-dealkylation sites (tertiary alicyclic amines) is 1. The van der Waals surface area contributed by atoms with Gasteiger partial charge in [0, 0.05) is 31.4 Å². The van der Waals surface area contributed by atoms with Gasteiger partial charge in [0.15, 0.2) is 0 Å². The zero-order valence-electron chi connectivity index (χ0n) is 14.5. The lowest BCUT2D eigenvalue weighted by molar-refractivity contribution is 0.0951. The Hall–Kier alpha value is -1.91. The van der Waals surface area contributed by atoms with E-state index in [1.54, 1.807) is 12.1 Å². The molecule has 1 aliphatic rings. The largest absolute Gasteiger partial charge is 0.348 e. The van der Waals surface area contributed by atoms with Crippen LogP contribution in [0.3, 0.4) is 0 Å². The summed E-state index contributed by atoms with van der Waals surface area (Å²) in [6, 6.07) is 11.7. The number of pyridine rings is 1. The molecule has 1 amide bonds. The van der Waals surface area contributed by atoms with Crippen molar-refractivity contribution >= 4 is 17.5 Å². The van der Waals surface area contributed by atoms with Gasteiger partial charge in [-0.05, 0) is 48.6 Å². The van der Waals surface area contributed by atoms with Crippen LogP contribution in [-0.4, -0.2) is 28.9 Å². The lowest BCUT2D eigenvalue weighted by Crippen LogP contribution is -2.33. The van der Waals surface area contributed by atoms with E-state index in [0.717, 1.165) is 18.0 Å². The molecule has 2 aromatic rings. The van der Waals surface area contributed by atoms with Crippen molar-refractivity contribution in [2.24, 2.45) is 5.92 Å². The molecule has 5 heteroatoms. The molecule has 2 heterocycles. The molecule has 1 aromatic heterocycles. The number of piperidine rings is 1. The third kappa shape index (κ3) is 5.28. The first-order valence-electron chi connectivity index (χ1n) is 8.80. The first-order chi connectivity index (χ1) is 12.1. The first-order valence-corrected chi connectivity index (χ1v) is 9.18.